The predicted octanol–water partition coefficient (Wildman–Crippen LogP) is 2.98. The summed E-state index contributed by atoms with van der Waals surface area (Å²) >= 11 is 0. The van der Waals surface area contributed by atoms with Crippen molar-refractivity contribution in [2.45, 2.75) is 53.0 Å². The Bertz CT molecular complexity index is 540. The first-order valence-corrected chi connectivity index (χ1v) is 7.11. The van der Waals surface area contributed by atoms with E-state index in [0.29, 0.717) is 0 Å². The van der Waals surface area contributed by atoms with Gasteiger partial charge in [-0.3, -0.25) is 10.1 Å². The minimum atomic E-state index is -0.485. The Morgan fingerprint density at radius 2 is 1.90 bits per heavy atom. The fourth-order valence-corrected chi connectivity index (χ4v) is 3.77. The zero-order valence-electron chi connectivity index (χ0n) is 13.0. The fraction of sp³-hybridized carbons (Fsp3) is 0.714. The van der Waals surface area contributed by atoms with Crippen LogP contribution in [0.5, 0.6) is 0 Å². The van der Waals surface area contributed by atoms with Crippen LogP contribution in [0.2, 0.25) is 0 Å². The highest BCUT2D eigenvalue weighted by molar-refractivity contribution is 5.56. The number of nitro groups is 1. The van der Waals surface area contributed by atoms with Crippen LogP contribution in [-0.4, -0.2) is 20.9 Å². The van der Waals surface area contributed by atoms with E-state index in [1.54, 1.807) is 0 Å². The summed E-state index contributed by atoms with van der Waals surface area (Å²) in [6, 6.07) is 0.136. The van der Waals surface area contributed by atoms with Gasteiger partial charge in [-0.2, -0.15) is 4.98 Å². The summed E-state index contributed by atoms with van der Waals surface area (Å²) in [5.41, 5.74) is 5.80. The number of anilines is 2. The number of nitrogens with one attached hydrogen (secondary N) is 1. The summed E-state index contributed by atoms with van der Waals surface area (Å²) in [6.07, 6.45) is 4.17. The Hall–Kier alpha value is -1.92. The van der Waals surface area contributed by atoms with E-state index in [9.17, 15) is 10.1 Å². The van der Waals surface area contributed by atoms with Crippen LogP contribution >= 0.6 is 0 Å². The van der Waals surface area contributed by atoms with Gasteiger partial charge in [-0.15, -0.1) is 0 Å². The molecule has 2 rings (SSSR count). The monoisotopic (exact) mass is 293 g/mol. The highest BCUT2D eigenvalue weighted by atomic mass is 16.6. The number of aromatic nitrogens is 2. The Labute approximate surface area is 124 Å². The van der Waals surface area contributed by atoms with Crippen molar-refractivity contribution in [3.05, 3.63) is 16.3 Å². The van der Waals surface area contributed by atoms with Crippen molar-refractivity contribution in [1.82, 2.24) is 9.97 Å². The minimum absolute atomic E-state index is 0.0393. The van der Waals surface area contributed by atoms with Crippen molar-refractivity contribution in [2.24, 2.45) is 10.8 Å². The van der Waals surface area contributed by atoms with Crippen LogP contribution < -0.4 is 11.1 Å². The quantitative estimate of drug-likeness (QED) is 0.655. The minimum Gasteiger partial charge on any atom is -0.368 e. The van der Waals surface area contributed by atoms with E-state index in [2.05, 4.69) is 43.0 Å². The summed E-state index contributed by atoms with van der Waals surface area (Å²) in [4.78, 5) is 18.3. The molecule has 1 heterocycles. The molecule has 3 N–H and O–H groups in total. The second-order valence-electron chi connectivity index (χ2n) is 7.47. The first-order valence-electron chi connectivity index (χ1n) is 7.11. The highest BCUT2D eigenvalue weighted by Gasteiger charge is 2.39. The Morgan fingerprint density at radius 1 is 1.33 bits per heavy atom. The molecule has 0 atom stereocenters. The molecular formula is C14H23N5O2. The van der Waals surface area contributed by atoms with Crippen LogP contribution in [0.4, 0.5) is 17.5 Å². The lowest BCUT2D eigenvalue weighted by Gasteiger charge is -2.45. The molecule has 21 heavy (non-hydrogen) atoms. The topological polar surface area (TPSA) is 107 Å². The van der Waals surface area contributed by atoms with Crippen LogP contribution in [-0.2, 0) is 0 Å². The maximum atomic E-state index is 11.1. The van der Waals surface area contributed by atoms with Gasteiger partial charge in [-0.1, -0.05) is 27.7 Å². The van der Waals surface area contributed by atoms with Crippen molar-refractivity contribution in [1.29, 1.82) is 0 Å². The standard InChI is InChI=1S/C14H23N5O2/c1-13(2)5-9(6-14(3,4)8-13)17-11-10(19(20)21)7-16-12(15)18-11/h7,9H,5-6,8H2,1-4H3,(H3,15,16,17,18). The van der Waals surface area contributed by atoms with Crippen molar-refractivity contribution in [2.75, 3.05) is 11.1 Å². The maximum absolute atomic E-state index is 11.1. The third kappa shape index (κ3) is 3.80. The summed E-state index contributed by atoms with van der Waals surface area (Å²) in [5, 5.41) is 14.3. The van der Waals surface area contributed by atoms with E-state index in [1.807, 2.05) is 0 Å². The second-order valence-corrected chi connectivity index (χ2v) is 7.47. The highest BCUT2D eigenvalue weighted by Crippen LogP contribution is 2.46. The van der Waals surface area contributed by atoms with Gasteiger partial charge in [0.1, 0.15) is 6.20 Å². The van der Waals surface area contributed by atoms with Crippen molar-refractivity contribution in [3.63, 3.8) is 0 Å². The van der Waals surface area contributed by atoms with Crippen molar-refractivity contribution < 1.29 is 4.92 Å². The number of nitrogen functional groups attached to an aromatic ring is 1. The lowest BCUT2D eigenvalue weighted by Crippen LogP contribution is -2.40. The van der Waals surface area contributed by atoms with Crippen LogP contribution in [0.25, 0.3) is 0 Å². The van der Waals surface area contributed by atoms with Crippen molar-refractivity contribution in [3.8, 4) is 0 Å². The molecule has 1 aromatic heterocycles. The number of nitrogens with two attached hydrogens (primary N) is 1. The van der Waals surface area contributed by atoms with Crippen LogP contribution in [0.1, 0.15) is 47.0 Å². The lowest BCUT2D eigenvalue weighted by atomic mass is 9.63. The third-order valence-corrected chi connectivity index (χ3v) is 3.88. The van der Waals surface area contributed by atoms with E-state index < -0.39 is 4.92 Å². The van der Waals surface area contributed by atoms with E-state index in [-0.39, 0.29) is 34.3 Å². The summed E-state index contributed by atoms with van der Waals surface area (Å²) in [5.74, 6) is 0.253. The molecular weight excluding hydrogens is 270 g/mol. The van der Waals surface area contributed by atoms with Gasteiger partial charge in [0.15, 0.2) is 0 Å². The molecule has 116 valence electrons. The maximum Gasteiger partial charge on any atom is 0.329 e. The van der Waals surface area contributed by atoms with Gasteiger partial charge in [-0.25, -0.2) is 4.98 Å². The number of rotatable bonds is 3. The Balaban J connectivity index is 2.25. The average molecular weight is 293 g/mol. The first-order chi connectivity index (χ1) is 9.58. The largest absolute Gasteiger partial charge is 0.368 e. The SMILES string of the molecule is CC1(C)CC(Nc2nc(N)ncc2[N+](=O)[O-])CC(C)(C)C1. The summed E-state index contributed by atoms with van der Waals surface area (Å²) < 4.78 is 0. The molecule has 0 radical (unpaired) electrons. The van der Waals surface area contributed by atoms with Crippen LogP contribution in [0, 0.1) is 20.9 Å². The van der Waals surface area contributed by atoms with Gasteiger partial charge < -0.3 is 11.1 Å². The molecule has 1 aliphatic rings. The molecule has 0 amide bonds. The Kier molecular flexibility index (Phi) is 3.78. The molecule has 0 spiro atoms. The molecule has 7 nitrogen and oxygen atoms in total. The molecule has 1 aliphatic carbocycles. The van der Waals surface area contributed by atoms with E-state index in [1.165, 1.54) is 0 Å². The molecule has 0 unspecified atom stereocenters. The van der Waals surface area contributed by atoms with Crippen LogP contribution in [0.3, 0.4) is 0 Å². The molecule has 7 heteroatoms. The van der Waals surface area contributed by atoms with Gasteiger partial charge in [0, 0.05) is 6.04 Å². The molecule has 1 saturated carbocycles. The third-order valence-electron chi connectivity index (χ3n) is 3.88. The zero-order valence-corrected chi connectivity index (χ0v) is 13.0. The molecule has 0 saturated heterocycles. The summed E-state index contributed by atoms with van der Waals surface area (Å²) in [7, 11) is 0. The second kappa shape index (κ2) is 5.13. The van der Waals surface area contributed by atoms with Crippen LogP contribution in [0.15, 0.2) is 6.20 Å². The number of nitrogens with zero attached hydrogens (tertiary/aromatic N) is 3. The lowest BCUT2D eigenvalue weighted by molar-refractivity contribution is -0.384. The van der Waals surface area contributed by atoms with Crippen molar-refractivity contribution >= 4 is 17.5 Å². The zero-order chi connectivity index (χ0) is 15.8. The normalized spacial score (nSPS) is 21.0. The van der Waals surface area contributed by atoms with Gasteiger partial charge in [0.05, 0.1) is 4.92 Å². The van der Waals surface area contributed by atoms with E-state index >= 15 is 0 Å². The number of hydrogen-bond acceptors (Lipinski definition) is 6. The Morgan fingerprint density at radius 3 is 2.43 bits per heavy atom. The summed E-state index contributed by atoms with van der Waals surface area (Å²) in [6.45, 7) is 8.91. The fourth-order valence-electron chi connectivity index (χ4n) is 3.77. The van der Waals surface area contributed by atoms with Gasteiger partial charge in [0.2, 0.25) is 11.8 Å². The number of hydrogen-bond donors (Lipinski definition) is 2. The first kappa shape index (κ1) is 15.5. The molecule has 1 aromatic rings. The molecule has 1 fully saturated rings. The van der Waals surface area contributed by atoms with Gasteiger partial charge in [0.25, 0.3) is 0 Å². The molecule has 0 bridgehead atoms. The van der Waals surface area contributed by atoms with Gasteiger partial charge in [-0.05, 0) is 30.1 Å². The van der Waals surface area contributed by atoms with E-state index in [4.69, 9.17) is 5.73 Å². The van der Waals surface area contributed by atoms with Gasteiger partial charge >= 0.3 is 5.69 Å². The predicted molar refractivity (Wildman–Crippen MR) is 81.9 cm³/mol. The molecule has 0 aliphatic heterocycles. The molecule has 0 aromatic carbocycles. The average Bonchev–Trinajstić information content (AvgIpc) is 2.23. The smallest absolute Gasteiger partial charge is 0.329 e. The van der Waals surface area contributed by atoms with E-state index in [0.717, 1.165) is 25.5 Å².